The summed E-state index contributed by atoms with van der Waals surface area (Å²) in [6.07, 6.45) is 3.42. The predicted molar refractivity (Wildman–Crippen MR) is 98.1 cm³/mol. The van der Waals surface area contributed by atoms with Crippen molar-refractivity contribution in [3.05, 3.63) is 64.2 Å². The van der Waals surface area contributed by atoms with Gasteiger partial charge in [0.2, 0.25) is 0 Å². The Bertz CT molecular complexity index is 912. The second kappa shape index (κ2) is 7.11. The average molecular weight is 358 g/mol. The third-order valence-corrected chi connectivity index (χ3v) is 4.46. The van der Waals surface area contributed by atoms with Crippen LogP contribution in [0.4, 0.5) is 5.69 Å². The molecule has 25 heavy (non-hydrogen) atoms. The molecule has 1 N–H and O–H groups in total. The minimum absolute atomic E-state index is 0.174. The summed E-state index contributed by atoms with van der Waals surface area (Å²) in [6, 6.07) is 7.63. The topological polar surface area (TPSA) is 64.7 Å². The van der Waals surface area contributed by atoms with Crippen molar-refractivity contribution in [3.8, 4) is 0 Å². The number of nitrogens with one attached hydrogen (secondary N) is 1. The molecule has 0 aliphatic rings. The van der Waals surface area contributed by atoms with Gasteiger partial charge < -0.3 is 5.32 Å². The highest BCUT2D eigenvalue weighted by Gasteiger charge is 2.18. The molecule has 1 amide bonds. The molecular formula is C18H20ClN5O. The molecule has 1 aromatic carbocycles. The number of halogens is 1. The highest BCUT2D eigenvalue weighted by Crippen LogP contribution is 2.18. The molecule has 130 valence electrons. The molecule has 0 fully saturated rings. The van der Waals surface area contributed by atoms with E-state index in [2.05, 4.69) is 15.5 Å². The third-order valence-electron chi connectivity index (χ3n) is 4.09. The van der Waals surface area contributed by atoms with E-state index in [1.54, 1.807) is 17.1 Å². The van der Waals surface area contributed by atoms with Crippen LogP contribution in [0.5, 0.6) is 0 Å². The van der Waals surface area contributed by atoms with Gasteiger partial charge in [-0.1, -0.05) is 29.8 Å². The van der Waals surface area contributed by atoms with Gasteiger partial charge in [0, 0.05) is 23.5 Å². The fourth-order valence-corrected chi connectivity index (χ4v) is 3.04. The third kappa shape index (κ3) is 3.58. The Labute approximate surface area is 151 Å². The number of carbonyl (C=O) groups is 1. The number of aromatic nitrogens is 4. The Morgan fingerprint density at radius 2 is 2.04 bits per heavy atom. The van der Waals surface area contributed by atoms with Gasteiger partial charge in [-0.25, -0.2) is 0 Å². The van der Waals surface area contributed by atoms with Gasteiger partial charge >= 0.3 is 0 Å². The standard InChI is InChI=1S/C18H20ClN5O/c1-4-24-13(3)17(12(2)22-24)18(25)21-15-9-20-23(11-15)10-14-7-5-6-8-16(14)19/h5-9,11H,4,10H2,1-3H3,(H,21,25). The van der Waals surface area contributed by atoms with Crippen LogP contribution in [0.3, 0.4) is 0 Å². The summed E-state index contributed by atoms with van der Waals surface area (Å²) < 4.78 is 3.57. The monoisotopic (exact) mass is 357 g/mol. The summed E-state index contributed by atoms with van der Waals surface area (Å²) in [5.74, 6) is -0.174. The number of nitrogens with zero attached hydrogens (tertiary/aromatic N) is 4. The number of hydrogen-bond donors (Lipinski definition) is 1. The number of carbonyl (C=O) groups excluding carboxylic acids is 1. The van der Waals surface area contributed by atoms with E-state index in [1.165, 1.54) is 0 Å². The lowest BCUT2D eigenvalue weighted by Crippen LogP contribution is -2.14. The average Bonchev–Trinajstić information content (AvgIpc) is 3.13. The summed E-state index contributed by atoms with van der Waals surface area (Å²) in [6.45, 7) is 7.02. The van der Waals surface area contributed by atoms with Crippen molar-refractivity contribution < 1.29 is 4.79 Å². The first-order valence-corrected chi connectivity index (χ1v) is 8.48. The van der Waals surface area contributed by atoms with Crippen molar-refractivity contribution in [2.45, 2.75) is 33.9 Å². The van der Waals surface area contributed by atoms with Crippen molar-refractivity contribution in [3.63, 3.8) is 0 Å². The number of hydrogen-bond acceptors (Lipinski definition) is 3. The van der Waals surface area contributed by atoms with Gasteiger partial charge in [0.15, 0.2) is 0 Å². The van der Waals surface area contributed by atoms with Crippen LogP contribution in [0.25, 0.3) is 0 Å². The quantitative estimate of drug-likeness (QED) is 0.757. The second-order valence-corrected chi connectivity index (χ2v) is 6.24. The molecule has 0 unspecified atom stereocenters. The Balaban J connectivity index is 1.74. The zero-order valence-corrected chi connectivity index (χ0v) is 15.2. The summed E-state index contributed by atoms with van der Waals surface area (Å²) in [4.78, 5) is 12.6. The number of benzene rings is 1. The molecule has 0 aliphatic carbocycles. The minimum atomic E-state index is -0.174. The van der Waals surface area contributed by atoms with E-state index in [-0.39, 0.29) is 5.91 Å². The molecule has 0 atom stereocenters. The molecule has 3 rings (SSSR count). The fourth-order valence-electron chi connectivity index (χ4n) is 2.84. The number of anilines is 1. The molecule has 0 spiro atoms. The number of amides is 1. The fraction of sp³-hybridized carbons (Fsp3) is 0.278. The molecule has 2 heterocycles. The van der Waals surface area contributed by atoms with E-state index in [0.29, 0.717) is 22.8 Å². The molecule has 0 saturated heterocycles. The van der Waals surface area contributed by atoms with Crippen LogP contribution in [-0.4, -0.2) is 25.5 Å². The molecule has 6 nitrogen and oxygen atoms in total. The lowest BCUT2D eigenvalue weighted by atomic mass is 10.2. The van der Waals surface area contributed by atoms with Crippen LogP contribution < -0.4 is 5.32 Å². The van der Waals surface area contributed by atoms with Gasteiger partial charge in [-0.2, -0.15) is 10.2 Å². The lowest BCUT2D eigenvalue weighted by molar-refractivity contribution is 0.102. The zero-order chi connectivity index (χ0) is 18.0. The van der Waals surface area contributed by atoms with E-state index in [9.17, 15) is 4.79 Å². The Kier molecular flexibility index (Phi) is 4.90. The summed E-state index contributed by atoms with van der Waals surface area (Å²) in [7, 11) is 0. The highest BCUT2D eigenvalue weighted by molar-refractivity contribution is 6.31. The van der Waals surface area contributed by atoms with E-state index in [1.807, 2.05) is 49.7 Å². The van der Waals surface area contributed by atoms with Gasteiger partial charge in [-0.3, -0.25) is 14.2 Å². The molecule has 2 aromatic heterocycles. The molecule has 7 heteroatoms. The maximum atomic E-state index is 12.6. The number of aryl methyl sites for hydroxylation is 2. The van der Waals surface area contributed by atoms with Crippen molar-refractivity contribution in [1.82, 2.24) is 19.6 Å². The first kappa shape index (κ1) is 17.2. The van der Waals surface area contributed by atoms with E-state index in [0.717, 1.165) is 23.5 Å². The van der Waals surface area contributed by atoms with Crippen molar-refractivity contribution in [2.75, 3.05) is 5.32 Å². The molecule has 0 saturated carbocycles. The maximum Gasteiger partial charge on any atom is 0.259 e. The lowest BCUT2D eigenvalue weighted by Gasteiger charge is -2.05. The summed E-state index contributed by atoms with van der Waals surface area (Å²) >= 11 is 6.18. The van der Waals surface area contributed by atoms with Gasteiger partial charge in [0.05, 0.1) is 29.7 Å². The van der Waals surface area contributed by atoms with Crippen molar-refractivity contribution in [2.24, 2.45) is 0 Å². The van der Waals surface area contributed by atoms with Gasteiger partial charge in [0.25, 0.3) is 5.91 Å². The van der Waals surface area contributed by atoms with Gasteiger partial charge in [-0.05, 0) is 32.4 Å². The molecule has 0 radical (unpaired) electrons. The van der Waals surface area contributed by atoms with Crippen molar-refractivity contribution in [1.29, 1.82) is 0 Å². The number of rotatable bonds is 5. The van der Waals surface area contributed by atoms with Crippen LogP contribution in [0.2, 0.25) is 5.02 Å². The second-order valence-electron chi connectivity index (χ2n) is 5.83. The van der Waals surface area contributed by atoms with Gasteiger partial charge in [-0.15, -0.1) is 0 Å². The van der Waals surface area contributed by atoms with Crippen LogP contribution in [-0.2, 0) is 13.1 Å². The Morgan fingerprint density at radius 1 is 1.28 bits per heavy atom. The van der Waals surface area contributed by atoms with E-state index < -0.39 is 0 Å². The smallest absolute Gasteiger partial charge is 0.259 e. The first-order valence-electron chi connectivity index (χ1n) is 8.10. The van der Waals surface area contributed by atoms with Gasteiger partial charge in [0.1, 0.15) is 0 Å². The molecular weight excluding hydrogens is 338 g/mol. The summed E-state index contributed by atoms with van der Waals surface area (Å²) in [5.41, 5.74) is 3.81. The first-order chi connectivity index (χ1) is 12.0. The van der Waals surface area contributed by atoms with E-state index >= 15 is 0 Å². The van der Waals surface area contributed by atoms with Crippen molar-refractivity contribution >= 4 is 23.2 Å². The van der Waals surface area contributed by atoms with Crippen LogP contribution in [0, 0.1) is 13.8 Å². The normalized spacial score (nSPS) is 10.9. The summed E-state index contributed by atoms with van der Waals surface area (Å²) in [5, 5.41) is 12.3. The molecule has 3 aromatic rings. The zero-order valence-electron chi connectivity index (χ0n) is 14.5. The predicted octanol–water partition coefficient (Wildman–Crippen LogP) is 3.67. The largest absolute Gasteiger partial charge is 0.319 e. The minimum Gasteiger partial charge on any atom is -0.319 e. The highest BCUT2D eigenvalue weighted by atomic mass is 35.5. The Hall–Kier alpha value is -2.60. The van der Waals surface area contributed by atoms with E-state index in [4.69, 9.17) is 11.6 Å². The SMILES string of the molecule is CCn1nc(C)c(C(=O)Nc2cnn(Cc3ccccc3Cl)c2)c1C. The van der Waals surface area contributed by atoms with Crippen LogP contribution in [0.1, 0.15) is 34.2 Å². The Morgan fingerprint density at radius 3 is 2.72 bits per heavy atom. The molecule has 0 bridgehead atoms. The van der Waals surface area contributed by atoms with Crippen LogP contribution in [0.15, 0.2) is 36.7 Å². The molecule has 0 aliphatic heterocycles. The maximum absolute atomic E-state index is 12.6. The van der Waals surface area contributed by atoms with Crippen LogP contribution >= 0.6 is 11.6 Å².